The van der Waals surface area contributed by atoms with E-state index >= 15 is 0 Å². The molecule has 1 heterocycles. The molecule has 0 bridgehead atoms. The van der Waals surface area contributed by atoms with Crippen molar-refractivity contribution in [2.24, 2.45) is 0 Å². The zero-order valence-corrected chi connectivity index (χ0v) is 35.8. The average molecular weight is 807 g/mol. The smallest absolute Gasteiger partial charge is 0.306 e. The second-order valence-electron chi connectivity index (χ2n) is 15.6. The summed E-state index contributed by atoms with van der Waals surface area (Å²) in [6.07, 6.45) is 37.0. The monoisotopic (exact) mass is 807 g/mol. The summed E-state index contributed by atoms with van der Waals surface area (Å²) in [5, 5.41) is 40.0. The van der Waals surface area contributed by atoms with Crippen molar-refractivity contribution in [3.63, 3.8) is 0 Å². The molecule has 1 saturated heterocycles. The van der Waals surface area contributed by atoms with Crippen LogP contribution in [-0.2, 0) is 28.5 Å². The maximum atomic E-state index is 12.7. The SMILES string of the molecule is CC/C=C/C=C/C=C/C=C/CCCCCC(=O)OC(COC(=O)CCCCCCCCCCCCCCCCCCCCC)CO[C@H]1O[C@@H](CO)[C@@H](O)C(O)C1O. The molecular formula is C47H82O10. The molecule has 0 aromatic heterocycles. The quantitative estimate of drug-likeness (QED) is 0.0271. The van der Waals surface area contributed by atoms with Crippen molar-refractivity contribution in [3.8, 4) is 0 Å². The lowest BCUT2D eigenvalue weighted by atomic mass is 9.99. The van der Waals surface area contributed by atoms with E-state index in [0.717, 1.165) is 44.9 Å². The molecule has 0 saturated carbocycles. The molecule has 0 radical (unpaired) electrons. The fraction of sp³-hybridized carbons (Fsp3) is 0.787. The average Bonchev–Trinajstić information content (AvgIpc) is 3.21. The number of ether oxygens (including phenoxy) is 4. The first-order valence-electron chi connectivity index (χ1n) is 22.8. The van der Waals surface area contributed by atoms with Gasteiger partial charge in [-0.25, -0.2) is 0 Å². The summed E-state index contributed by atoms with van der Waals surface area (Å²) in [5.41, 5.74) is 0. The van der Waals surface area contributed by atoms with Crippen molar-refractivity contribution in [2.75, 3.05) is 19.8 Å². The standard InChI is InChI=1S/C47H82O10/c1-3-5-7-9-11-13-15-17-18-19-20-21-22-24-25-27-29-31-33-35-42(49)54-38-40(39-55-47-46(53)45(52)44(51)41(37-48)57-47)56-43(50)36-34-32-30-28-26-23-16-14-12-10-8-6-4-2/h6,8,10,12,14,16,23,26,40-41,44-48,51-53H,3-5,7,9,11,13,15,17-22,24-25,27-39H2,1-2H3/b8-6+,12-10+,16-14+,26-23+/t40?,41-,44+,45?,46?,47-/m0/s1. The molecule has 10 heteroatoms. The Bertz CT molecular complexity index is 1070. The Morgan fingerprint density at radius 3 is 1.56 bits per heavy atom. The Morgan fingerprint density at radius 1 is 0.561 bits per heavy atom. The van der Waals surface area contributed by atoms with Gasteiger partial charge in [0.05, 0.1) is 13.2 Å². The molecule has 0 aromatic carbocycles. The molecule has 0 aromatic rings. The van der Waals surface area contributed by atoms with E-state index in [0.29, 0.717) is 6.42 Å². The summed E-state index contributed by atoms with van der Waals surface area (Å²) < 4.78 is 22.1. The summed E-state index contributed by atoms with van der Waals surface area (Å²) in [6.45, 7) is 3.25. The fourth-order valence-corrected chi connectivity index (χ4v) is 6.73. The first kappa shape index (κ1) is 52.7. The molecular weight excluding hydrogens is 725 g/mol. The molecule has 4 N–H and O–H groups in total. The Kier molecular flexibility index (Phi) is 35.0. The van der Waals surface area contributed by atoms with Crippen molar-refractivity contribution < 1.29 is 49.0 Å². The first-order valence-corrected chi connectivity index (χ1v) is 22.8. The van der Waals surface area contributed by atoms with E-state index < -0.39 is 49.4 Å². The molecule has 0 amide bonds. The van der Waals surface area contributed by atoms with Crippen LogP contribution in [0.15, 0.2) is 48.6 Å². The van der Waals surface area contributed by atoms with Crippen LogP contribution < -0.4 is 0 Å². The van der Waals surface area contributed by atoms with Crippen LogP contribution in [0.2, 0.25) is 0 Å². The molecule has 57 heavy (non-hydrogen) atoms. The van der Waals surface area contributed by atoms with E-state index in [1.54, 1.807) is 0 Å². The molecule has 0 aliphatic carbocycles. The van der Waals surface area contributed by atoms with Crippen LogP contribution >= 0.6 is 0 Å². The zero-order valence-electron chi connectivity index (χ0n) is 35.8. The Balaban J connectivity index is 2.31. The molecule has 10 nitrogen and oxygen atoms in total. The third-order valence-corrected chi connectivity index (χ3v) is 10.3. The van der Waals surface area contributed by atoms with Gasteiger partial charge in [-0.1, -0.05) is 184 Å². The Morgan fingerprint density at radius 2 is 1.04 bits per heavy atom. The van der Waals surface area contributed by atoms with Crippen molar-refractivity contribution in [1.29, 1.82) is 0 Å². The van der Waals surface area contributed by atoms with Crippen LogP contribution in [-0.4, -0.2) is 89.0 Å². The topological polar surface area (TPSA) is 152 Å². The van der Waals surface area contributed by atoms with Gasteiger partial charge < -0.3 is 39.4 Å². The minimum atomic E-state index is -1.60. The lowest BCUT2D eigenvalue weighted by molar-refractivity contribution is -0.305. The number of allylic oxidation sites excluding steroid dienone is 8. The van der Waals surface area contributed by atoms with Gasteiger partial charge in [0.2, 0.25) is 0 Å². The second kappa shape index (κ2) is 37.9. The van der Waals surface area contributed by atoms with Crippen molar-refractivity contribution in [1.82, 2.24) is 0 Å². The van der Waals surface area contributed by atoms with Gasteiger partial charge in [0.25, 0.3) is 0 Å². The van der Waals surface area contributed by atoms with Crippen LogP contribution in [0.3, 0.4) is 0 Å². The van der Waals surface area contributed by atoms with Gasteiger partial charge in [-0.15, -0.1) is 0 Å². The highest BCUT2D eigenvalue weighted by molar-refractivity contribution is 5.70. The van der Waals surface area contributed by atoms with E-state index in [1.807, 2.05) is 36.5 Å². The van der Waals surface area contributed by atoms with E-state index in [-0.39, 0.29) is 32.0 Å². The highest BCUT2D eigenvalue weighted by Gasteiger charge is 2.44. The van der Waals surface area contributed by atoms with Crippen LogP contribution in [0.25, 0.3) is 0 Å². The van der Waals surface area contributed by atoms with Gasteiger partial charge >= 0.3 is 11.9 Å². The highest BCUT2D eigenvalue weighted by atomic mass is 16.7. The Hall–Kier alpha value is -2.34. The highest BCUT2D eigenvalue weighted by Crippen LogP contribution is 2.23. The molecule has 330 valence electrons. The number of carbonyl (C=O) groups is 2. The van der Waals surface area contributed by atoms with Gasteiger partial charge in [0, 0.05) is 12.8 Å². The minimum Gasteiger partial charge on any atom is -0.462 e. The van der Waals surface area contributed by atoms with E-state index in [4.69, 9.17) is 18.9 Å². The van der Waals surface area contributed by atoms with Crippen molar-refractivity contribution in [3.05, 3.63) is 48.6 Å². The van der Waals surface area contributed by atoms with Crippen LogP contribution in [0.5, 0.6) is 0 Å². The number of esters is 2. The lowest BCUT2D eigenvalue weighted by Gasteiger charge is -2.39. The number of aliphatic hydroxyl groups excluding tert-OH is 4. The van der Waals surface area contributed by atoms with E-state index in [2.05, 4.69) is 26.0 Å². The largest absolute Gasteiger partial charge is 0.462 e. The molecule has 1 aliphatic heterocycles. The third-order valence-electron chi connectivity index (χ3n) is 10.3. The number of rotatable bonds is 37. The van der Waals surface area contributed by atoms with Crippen molar-refractivity contribution in [2.45, 2.75) is 218 Å². The van der Waals surface area contributed by atoms with Crippen LogP contribution in [0.1, 0.15) is 181 Å². The predicted octanol–water partition coefficient (Wildman–Crippen LogP) is 9.67. The van der Waals surface area contributed by atoms with Crippen LogP contribution in [0.4, 0.5) is 0 Å². The summed E-state index contributed by atoms with van der Waals surface area (Å²) in [4.78, 5) is 25.3. The number of unbranched alkanes of at least 4 members (excludes halogenated alkanes) is 21. The molecule has 6 atom stereocenters. The van der Waals surface area contributed by atoms with Crippen molar-refractivity contribution >= 4 is 11.9 Å². The normalized spacial score (nSPS) is 20.7. The third kappa shape index (κ3) is 29.5. The number of hydrogen-bond acceptors (Lipinski definition) is 10. The first-order chi connectivity index (χ1) is 27.8. The maximum absolute atomic E-state index is 12.7. The zero-order chi connectivity index (χ0) is 41.6. The summed E-state index contributed by atoms with van der Waals surface area (Å²) >= 11 is 0. The van der Waals surface area contributed by atoms with E-state index in [1.165, 1.54) is 103 Å². The summed E-state index contributed by atoms with van der Waals surface area (Å²) in [7, 11) is 0. The summed E-state index contributed by atoms with van der Waals surface area (Å²) in [5.74, 6) is -0.849. The molecule has 1 aliphatic rings. The number of hydrogen-bond donors (Lipinski definition) is 4. The van der Waals surface area contributed by atoms with Crippen LogP contribution in [0, 0.1) is 0 Å². The molecule has 1 rings (SSSR count). The molecule has 1 fully saturated rings. The van der Waals surface area contributed by atoms with Gasteiger partial charge in [-0.05, 0) is 32.1 Å². The number of carbonyl (C=O) groups excluding carboxylic acids is 2. The van der Waals surface area contributed by atoms with Gasteiger partial charge in [-0.2, -0.15) is 0 Å². The molecule has 3 unspecified atom stereocenters. The lowest BCUT2D eigenvalue weighted by Crippen LogP contribution is -2.59. The van der Waals surface area contributed by atoms with Gasteiger partial charge in [0.1, 0.15) is 31.0 Å². The van der Waals surface area contributed by atoms with E-state index in [9.17, 15) is 30.0 Å². The van der Waals surface area contributed by atoms with Gasteiger partial charge in [-0.3, -0.25) is 9.59 Å². The minimum absolute atomic E-state index is 0.184. The maximum Gasteiger partial charge on any atom is 0.306 e. The predicted molar refractivity (Wildman–Crippen MR) is 229 cm³/mol. The second-order valence-corrected chi connectivity index (χ2v) is 15.6. The fourth-order valence-electron chi connectivity index (χ4n) is 6.73. The number of aliphatic hydroxyl groups is 4. The van der Waals surface area contributed by atoms with Gasteiger partial charge in [0.15, 0.2) is 12.4 Å². The summed E-state index contributed by atoms with van der Waals surface area (Å²) in [6, 6.07) is 0. The molecule has 0 spiro atoms. The Labute approximate surface area is 346 Å².